The van der Waals surface area contributed by atoms with Crippen LogP contribution in [0.3, 0.4) is 0 Å². The summed E-state index contributed by atoms with van der Waals surface area (Å²) in [5.41, 5.74) is 5.25. The Morgan fingerprint density at radius 2 is 2.04 bits per heavy atom. The Bertz CT molecular complexity index is 835. The average Bonchev–Trinajstić information content (AvgIpc) is 2.88. The van der Waals surface area contributed by atoms with Gasteiger partial charge in [0.1, 0.15) is 11.4 Å². The number of aromatic nitrogens is 2. The molecule has 5 N–H and O–H groups in total. The number of hydrogen-bond donors (Lipinski definition) is 4. The smallest absolute Gasteiger partial charge is 0.427 e. The van der Waals surface area contributed by atoms with Gasteiger partial charge in [-0.2, -0.15) is 0 Å². The molecule has 1 aliphatic rings. The number of nitrogens with zero attached hydrogens (tertiary/aromatic N) is 3. The van der Waals surface area contributed by atoms with Crippen molar-refractivity contribution < 1.29 is 10.0 Å². The van der Waals surface area contributed by atoms with Crippen LogP contribution in [0, 0.1) is 5.92 Å². The molecule has 0 bridgehead atoms. The monoisotopic (exact) mass is 359 g/mol. The Morgan fingerprint density at radius 1 is 1.35 bits per heavy atom. The fourth-order valence-corrected chi connectivity index (χ4v) is 3.49. The predicted molar refractivity (Wildman–Crippen MR) is 99.2 cm³/mol. The fraction of sp³-hybridized carbons (Fsp3) is 0.500. The maximum absolute atomic E-state index is 12.1. The minimum atomic E-state index is -1.33. The van der Waals surface area contributed by atoms with Gasteiger partial charge in [0.05, 0.1) is 0 Å². The fourth-order valence-electron chi connectivity index (χ4n) is 3.49. The summed E-state index contributed by atoms with van der Waals surface area (Å²) in [6.07, 6.45) is 4.70. The Morgan fingerprint density at radius 3 is 2.69 bits per heavy atom. The van der Waals surface area contributed by atoms with E-state index in [4.69, 9.17) is 15.8 Å². The lowest BCUT2D eigenvalue weighted by molar-refractivity contribution is 0.343. The summed E-state index contributed by atoms with van der Waals surface area (Å²) in [6, 6.07) is 1.66. The zero-order chi connectivity index (χ0) is 18.9. The van der Waals surface area contributed by atoms with Crippen LogP contribution in [0.25, 0.3) is 0 Å². The van der Waals surface area contributed by atoms with Gasteiger partial charge in [0.15, 0.2) is 0 Å². The predicted octanol–water partition coefficient (Wildman–Crippen LogP) is -0.777. The number of nitrogens with two attached hydrogens (primary N) is 1. The Kier molecular flexibility index (Phi) is 5.08. The maximum atomic E-state index is 12.1. The van der Waals surface area contributed by atoms with Crippen LogP contribution in [0.2, 0.25) is 6.32 Å². The van der Waals surface area contributed by atoms with Crippen molar-refractivity contribution in [2.75, 3.05) is 23.3 Å². The molecule has 0 aliphatic carbocycles. The van der Waals surface area contributed by atoms with Crippen LogP contribution in [0.4, 0.5) is 17.3 Å². The zero-order valence-electron chi connectivity index (χ0n) is 14.6. The highest BCUT2D eigenvalue weighted by Gasteiger charge is 2.42. The summed E-state index contributed by atoms with van der Waals surface area (Å²) in [7, 11) is -1.33. The maximum Gasteiger partial charge on any atom is 0.451 e. The standard InChI is InChI=1S/C16H22BN5O4/c1-16(18)9-22(8-10(16)4-2-5-17(25)26)12-11(13(23)14(12)24)21-15-19-6-3-7-20-15/h3,6-7,10,25-26H,2,4-5,8-9,18H2,1H3,(H,19,20,21)/t10-,16-/m0/s1. The van der Waals surface area contributed by atoms with Crippen molar-refractivity contribution in [2.24, 2.45) is 11.7 Å². The SMILES string of the molecule is C[C@]1(N)CN(c2c(Nc3ncccn3)c(=O)c2=O)C[C@@H]1CCCB(O)O. The lowest BCUT2D eigenvalue weighted by Crippen LogP contribution is -2.46. The van der Waals surface area contributed by atoms with E-state index in [-0.39, 0.29) is 23.9 Å². The van der Waals surface area contributed by atoms with Gasteiger partial charge in [0.25, 0.3) is 10.9 Å². The van der Waals surface area contributed by atoms with Crippen molar-refractivity contribution in [2.45, 2.75) is 31.6 Å². The van der Waals surface area contributed by atoms with E-state index in [1.54, 1.807) is 18.5 Å². The molecule has 1 aliphatic heterocycles. The van der Waals surface area contributed by atoms with Crippen molar-refractivity contribution in [3.8, 4) is 0 Å². The first-order valence-corrected chi connectivity index (χ1v) is 8.57. The molecule has 9 nitrogen and oxygen atoms in total. The highest BCUT2D eigenvalue weighted by atomic mass is 16.4. The van der Waals surface area contributed by atoms with E-state index >= 15 is 0 Å². The topological polar surface area (TPSA) is 142 Å². The summed E-state index contributed by atoms with van der Waals surface area (Å²) in [4.78, 5) is 34.0. The van der Waals surface area contributed by atoms with Crippen molar-refractivity contribution in [3.05, 3.63) is 38.9 Å². The molecule has 2 aromatic rings. The van der Waals surface area contributed by atoms with Gasteiger partial charge in [-0.3, -0.25) is 9.59 Å². The summed E-state index contributed by atoms with van der Waals surface area (Å²) >= 11 is 0. The van der Waals surface area contributed by atoms with Crippen LogP contribution >= 0.6 is 0 Å². The summed E-state index contributed by atoms with van der Waals surface area (Å²) in [5, 5.41) is 20.8. The largest absolute Gasteiger partial charge is 0.451 e. The third kappa shape index (κ3) is 3.62. The molecule has 10 heteroatoms. The van der Waals surface area contributed by atoms with Crippen molar-refractivity contribution >= 4 is 24.4 Å². The van der Waals surface area contributed by atoms with E-state index < -0.39 is 23.5 Å². The molecular formula is C16H22BN5O4. The average molecular weight is 359 g/mol. The van der Waals surface area contributed by atoms with Crippen molar-refractivity contribution in [3.63, 3.8) is 0 Å². The Hall–Kier alpha value is -2.30. The second-order valence-corrected chi connectivity index (χ2v) is 7.07. The van der Waals surface area contributed by atoms with Crippen molar-refractivity contribution in [1.29, 1.82) is 0 Å². The molecule has 1 fully saturated rings. The van der Waals surface area contributed by atoms with Gasteiger partial charge in [0, 0.05) is 31.0 Å². The van der Waals surface area contributed by atoms with Gasteiger partial charge in [-0.15, -0.1) is 0 Å². The van der Waals surface area contributed by atoms with Crippen LogP contribution in [0.5, 0.6) is 0 Å². The van der Waals surface area contributed by atoms with E-state index in [1.807, 2.05) is 11.8 Å². The number of anilines is 3. The Labute approximate surface area is 150 Å². The van der Waals surface area contributed by atoms with Crippen LogP contribution in [0.15, 0.2) is 28.0 Å². The Balaban J connectivity index is 1.75. The second kappa shape index (κ2) is 7.14. The number of nitrogens with one attached hydrogen (secondary N) is 1. The number of rotatable bonds is 7. The molecular weight excluding hydrogens is 337 g/mol. The van der Waals surface area contributed by atoms with Gasteiger partial charge in [-0.1, -0.05) is 6.42 Å². The molecule has 0 spiro atoms. The lowest BCUT2D eigenvalue weighted by Gasteiger charge is -2.25. The molecule has 26 heavy (non-hydrogen) atoms. The highest BCUT2D eigenvalue weighted by Crippen LogP contribution is 2.34. The molecule has 1 saturated heterocycles. The molecule has 1 aromatic heterocycles. The first kappa shape index (κ1) is 18.5. The molecule has 3 rings (SSSR count). The van der Waals surface area contributed by atoms with Gasteiger partial charge >= 0.3 is 7.12 Å². The van der Waals surface area contributed by atoms with E-state index in [1.165, 1.54) is 0 Å². The van der Waals surface area contributed by atoms with E-state index in [0.29, 0.717) is 31.6 Å². The van der Waals surface area contributed by atoms with Gasteiger partial charge in [-0.05, 0) is 31.6 Å². The van der Waals surface area contributed by atoms with Crippen LogP contribution in [0.1, 0.15) is 19.8 Å². The molecule has 0 radical (unpaired) electrons. The zero-order valence-corrected chi connectivity index (χ0v) is 14.6. The molecule has 138 valence electrons. The summed E-state index contributed by atoms with van der Waals surface area (Å²) in [5.74, 6) is 0.329. The molecule has 2 atom stereocenters. The van der Waals surface area contributed by atoms with Gasteiger partial charge in [-0.25, -0.2) is 9.97 Å². The summed E-state index contributed by atoms with van der Waals surface area (Å²) in [6.45, 7) is 2.88. The number of hydrogen-bond acceptors (Lipinski definition) is 9. The third-order valence-electron chi connectivity index (χ3n) is 4.92. The van der Waals surface area contributed by atoms with E-state index in [2.05, 4.69) is 15.3 Å². The lowest BCUT2D eigenvalue weighted by atomic mass is 9.79. The second-order valence-electron chi connectivity index (χ2n) is 7.07. The quantitative estimate of drug-likeness (QED) is 0.370. The molecule has 0 amide bonds. The van der Waals surface area contributed by atoms with Crippen LogP contribution in [-0.2, 0) is 0 Å². The third-order valence-corrected chi connectivity index (χ3v) is 4.92. The van der Waals surface area contributed by atoms with Crippen LogP contribution in [-0.4, -0.2) is 45.8 Å². The summed E-state index contributed by atoms with van der Waals surface area (Å²) < 4.78 is 0. The first-order chi connectivity index (χ1) is 12.3. The molecule has 0 unspecified atom stereocenters. The van der Waals surface area contributed by atoms with Crippen molar-refractivity contribution in [1.82, 2.24) is 9.97 Å². The molecule has 0 saturated carbocycles. The normalized spacial score (nSPS) is 22.8. The highest BCUT2D eigenvalue weighted by molar-refractivity contribution is 6.40. The minimum absolute atomic E-state index is 0.0754. The van der Waals surface area contributed by atoms with Gasteiger partial charge in [0.2, 0.25) is 5.95 Å². The first-order valence-electron chi connectivity index (χ1n) is 8.57. The van der Waals surface area contributed by atoms with E-state index in [9.17, 15) is 9.59 Å². The molecule has 1 aromatic carbocycles. The molecule has 2 heterocycles. The minimum Gasteiger partial charge on any atom is -0.427 e. The van der Waals surface area contributed by atoms with E-state index in [0.717, 1.165) is 0 Å². The van der Waals surface area contributed by atoms with Crippen LogP contribution < -0.4 is 26.8 Å². The van der Waals surface area contributed by atoms with Gasteiger partial charge < -0.3 is 26.0 Å².